The van der Waals surface area contributed by atoms with E-state index in [1.165, 1.54) is 11.3 Å². The van der Waals surface area contributed by atoms with Crippen molar-refractivity contribution in [3.8, 4) is 0 Å². The molecule has 6 nitrogen and oxygen atoms in total. The van der Waals surface area contributed by atoms with E-state index < -0.39 is 0 Å². The number of halogens is 1. The molecule has 0 atom stereocenters. The molecule has 1 aromatic carbocycles. The second-order valence-corrected chi connectivity index (χ2v) is 6.96. The molecule has 1 amide bonds. The van der Waals surface area contributed by atoms with Gasteiger partial charge in [0.25, 0.3) is 0 Å². The maximum atomic E-state index is 11.8. The number of carbonyl (C=O) groups is 1. The van der Waals surface area contributed by atoms with Crippen molar-refractivity contribution in [2.24, 2.45) is 4.99 Å². The number of hydrogen-bond donors (Lipinski definition) is 2. The van der Waals surface area contributed by atoms with Gasteiger partial charge >= 0.3 is 0 Å². The van der Waals surface area contributed by atoms with Crippen LogP contribution in [-0.2, 0) is 4.79 Å². The first-order chi connectivity index (χ1) is 11.9. The Balaban J connectivity index is 1.89. The fourth-order valence-electron chi connectivity index (χ4n) is 2.95. The Labute approximate surface area is 155 Å². The summed E-state index contributed by atoms with van der Waals surface area (Å²) in [6.07, 6.45) is 0. The number of benzene rings is 1. The van der Waals surface area contributed by atoms with Gasteiger partial charge in [0.2, 0.25) is 5.91 Å². The molecule has 2 rings (SSSR count). The van der Waals surface area contributed by atoms with Gasteiger partial charge in [-0.1, -0.05) is 17.7 Å². The van der Waals surface area contributed by atoms with Crippen LogP contribution in [0.15, 0.2) is 23.2 Å². The van der Waals surface area contributed by atoms with Crippen molar-refractivity contribution in [1.82, 2.24) is 15.5 Å². The molecule has 0 unspecified atom stereocenters. The lowest BCUT2D eigenvalue weighted by Gasteiger charge is -2.38. The van der Waals surface area contributed by atoms with Gasteiger partial charge < -0.3 is 20.4 Å². The minimum Gasteiger partial charge on any atom is -0.368 e. The van der Waals surface area contributed by atoms with Gasteiger partial charge in [0.05, 0.1) is 6.54 Å². The maximum Gasteiger partial charge on any atom is 0.239 e. The molecule has 1 fully saturated rings. The number of carbonyl (C=O) groups excluding carboxylic acids is 1. The Hall–Kier alpha value is -1.95. The Morgan fingerprint density at radius 3 is 2.56 bits per heavy atom. The van der Waals surface area contributed by atoms with Crippen LogP contribution in [0.1, 0.15) is 19.4 Å². The first-order valence-corrected chi connectivity index (χ1v) is 9.04. The summed E-state index contributed by atoms with van der Waals surface area (Å²) < 4.78 is 0. The number of nitrogens with zero attached hydrogens (tertiary/aromatic N) is 3. The lowest BCUT2D eigenvalue weighted by atomic mass is 10.1. The van der Waals surface area contributed by atoms with Crippen LogP contribution in [0.4, 0.5) is 5.69 Å². The predicted molar refractivity (Wildman–Crippen MR) is 105 cm³/mol. The smallest absolute Gasteiger partial charge is 0.239 e. The summed E-state index contributed by atoms with van der Waals surface area (Å²) in [4.78, 5) is 20.6. The zero-order chi connectivity index (χ0) is 18.4. The number of hydrogen-bond acceptors (Lipinski definition) is 3. The lowest BCUT2D eigenvalue weighted by molar-refractivity contribution is -0.120. The third-order valence-electron chi connectivity index (χ3n) is 4.16. The second-order valence-electron chi connectivity index (χ2n) is 6.53. The molecule has 2 N–H and O–H groups in total. The summed E-state index contributed by atoms with van der Waals surface area (Å²) in [5, 5.41) is 6.77. The van der Waals surface area contributed by atoms with Crippen LogP contribution in [0.3, 0.4) is 0 Å². The minimum absolute atomic E-state index is 0.0238. The highest BCUT2D eigenvalue weighted by molar-refractivity contribution is 6.30. The van der Waals surface area contributed by atoms with Crippen molar-refractivity contribution in [3.05, 3.63) is 28.8 Å². The molecule has 0 spiro atoms. The highest BCUT2D eigenvalue weighted by Crippen LogP contribution is 2.25. The fraction of sp³-hybridized carbons (Fsp3) is 0.556. The molecule has 25 heavy (non-hydrogen) atoms. The molecule has 1 heterocycles. The van der Waals surface area contributed by atoms with Gasteiger partial charge in [-0.3, -0.25) is 9.79 Å². The molecule has 7 heteroatoms. The Morgan fingerprint density at radius 2 is 1.96 bits per heavy atom. The van der Waals surface area contributed by atoms with E-state index in [1.54, 1.807) is 7.05 Å². The van der Waals surface area contributed by atoms with E-state index in [9.17, 15) is 4.79 Å². The van der Waals surface area contributed by atoms with E-state index >= 15 is 0 Å². The number of nitrogens with one attached hydrogen (secondary N) is 2. The van der Waals surface area contributed by atoms with E-state index in [4.69, 9.17) is 11.6 Å². The van der Waals surface area contributed by atoms with E-state index in [0.29, 0.717) is 0 Å². The lowest BCUT2D eigenvalue weighted by Crippen LogP contribution is -2.54. The molecule has 1 aliphatic heterocycles. The predicted octanol–water partition coefficient (Wildman–Crippen LogP) is 1.87. The van der Waals surface area contributed by atoms with Crippen LogP contribution in [-0.4, -0.2) is 62.6 Å². The van der Waals surface area contributed by atoms with Crippen LogP contribution < -0.4 is 15.5 Å². The highest BCUT2D eigenvalue weighted by atomic mass is 35.5. The molecule has 0 radical (unpaired) electrons. The number of amides is 1. The summed E-state index contributed by atoms with van der Waals surface area (Å²) in [5.74, 6) is 0.741. The number of anilines is 1. The van der Waals surface area contributed by atoms with Crippen molar-refractivity contribution in [3.63, 3.8) is 0 Å². The van der Waals surface area contributed by atoms with Crippen molar-refractivity contribution in [2.45, 2.75) is 26.8 Å². The van der Waals surface area contributed by atoms with E-state index in [1.807, 2.05) is 26.0 Å². The van der Waals surface area contributed by atoms with Gasteiger partial charge in [0.15, 0.2) is 5.96 Å². The third kappa shape index (κ3) is 5.53. The Kier molecular flexibility index (Phi) is 6.93. The zero-order valence-electron chi connectivity index (χ0n) is 15.5. The average molecular weight is 366 g/mol. The first kappa shape index (κ1) is 19.4. The van der Waals surface area contributed by atoms with Crippen LogP contribution in [0, 0.1) is 6.92 Å². The summed E-state index contributed by atoms with van der Waals surface area (Å²) >= 11 is 6.14. The van der Waals surface area contributed by atoms with Gasteiger partial charge in [-0.25, -0.2) is 0 Å². The standard InChI is InChI=1S/C18H28ClN5O/c1-13(2)22-17(25)12-21-18(20-4)24-9-7-23(8-10-24)16-11-15(19)6-5-14(16)3/h5-6,11,13H,7-10,12H2,1-4H3,(H,20,21)(H,22,25). The number of aliphatic imine (C=N–C) groups is 1. The summed E-state index contributed by atoms with van der Waals surface area (Å²) in [5.41, 5.74) is 2.41. The third-order valence-corrected chi connectivity index (χ3v) is 4.39. The number of aryl methyl sites for hydroxylation is 1. The summed E-state index contributed by atoms with van der Waals surface area (Å²) in [6.45, 7) is 9.70. The fourth-order valence-corrected chi connectivity index (χ4v) is 3.11. The van der Waals surface area contributed by atoms with Crippen LogP contribution in [0.5, 0.6) is 0 Å². The molecular formula is C18H28ClN5O. The summed E-state index contributed by atoms with van der Waals surface area (Å²) in [6, 6.07) is 6.14. The molecule has 0 aliphatic carbocycles. The van der Waals surface area contributed by atoms with Crippen molar-refractivity contribution < 1.29 is 4.79 Å². The molecule has 0 saturated carbocycles. The average Bonchev–Trinajstić information content (AvgIpc) is 2.57. The molecule has 138 valence electrons. The Bertz CT molecular complexity index is 624. The van der Waals surface area contributed by atoms with Gasteiger partial charge in [0.1, 0.15) is 0 Å². The molecule has 0 aromatic heterocycles. The van der Waals surface area contributed by atoms with Gasteiger partial charge in [-0.2, -0.15) is 0 Å². The SMILES string of the molecule is CN=C(NCC(=O)NC(C)C)N1CCN(c2cc(Cl)ccc2C)CC1. The van der Waals surface area contributed by atoms with Gasteiger partial charge in [-0.05, 0) is 38.5 Å². The second kappa shape index (κ2) is 8.94. The highest BCUT2D eigenvalue weighted by Gasteiger charge is 2.21. The minimum atomic E-state index is -0.0238. The molecular weight excluding hydrogens is 338 g/mol. The first-order valence-electron chi connectivity index (χ1n) is 8.66. The zero-order valence-corrected chi connectivity index (χ0v) is 16.2. The van der Waals surface area contributed by atoms with E-state index in [2.05, 4.69) is 38.4 Å². The maximum absolute atomic E-state index is 11.8. The molecule has 1 saturated heterocycles. The van der Waals surface area contributed by atoms with Crippen LogP contribution in [0.2, 0.25) is 5.02 Å². The topological polar surface area (TPSA) is 60.0 Å². The molecule has 1 aromatic rings. The quantitative estimate of drug-likeness (QED) is 0.631. The summed E-state index contributed by atoms with van der Waals surface area (Å²) in [7, 11) is 1.75. The van der Waals surface area contributed by atoms with Crippen LogP contribution in [0.25, 0.3) is 0 Å². The number of rotatable bonds is 4. The van der Waals surface area contributed by atoms with E-state index in [-0.39, 0.29) is 18.5 Å². The number of piperazine rings is 1. The van der Waals surface area contributed by atoms with Crippen LogP contribution >= 0.6 is 11.6 Å². The largest absolute Gasteiger partial charge is 0.368 e. The Morgan fingerprint density at radius 1 is 1.28 bits per heavy atom. The van der Waals surface area contributed by atoms with Crippen molar-refractivity contribution >= 4 is 29.2 Å². The molecule has 0 bridgehead atoms. The molecule has 1 aliphatic rings. The van der Waals surface area contributed by atoms with Gasteiger partial charge in [0, 0.05) is 50.0 Å². The van der Waals surface area contributed by atoms with Gasteiger partial charge in [-0.15, -0.1) is 0 Å². The normalized spacial score (nSPS) is 15.5. The van der Waals surface area contributed by atoms with E-state index in [0.717, 1.165) is 37.2 Å². The number of guanidine groups is 1. The van der Waals surface area contributed by atoms with Crippen molar-refractivity contribution in [1.29, 1.82) is 0 Å². The monoisotopic (exact) mass is 365 g/mol. The van der Waals surface area contributed by atoms with Crippen molar-refractivity contribution in [2.75, 3.05) is 44.7 Å².